The summed E-state index contributed by atoms with van der Waals surface area (Å²) in [5.74, 6) is 1.07. The maximum atomic E-state index is 13.2. The van der Waals surface area contributed by atoms with Gasteiger partial charge < -0.3 is 33.8 Å². The molecule has 0 amide bonds. The van der Waals surface area contributed by atoms with Crippen LogP contribution in [0.4, 0.5) is 0 Å². The number of phosphoric ester groups is 2. The number of phosphoric acid groups is 2. The van der Waals surface area contributed by atoms with Crippen LogP contribution in [0.1, 0.15) is 473 Å². The zero-order valence-electron chi connectivity index (χ0n) is 72.2. The van der Waals surface area contributed by atoms with Crippen molar-refractivity contribution in [2.24, 2.45) is 23.7 Å². The first-order valence-electron chi connectivity index (χ1n) is 46.2. The van der Waals surface area contributed by atoms with E-state index in [0.29, 0.717) is 31.6 Å². The maximum absolute atomic E-state index is 13.2. The second kappa shape index (κ2) is 78.6. The summed E-state index contributed by atoms with van der Waals surface area (Å²) in [5.41, 5.74) is 0. The van der Waals surface area contributed by atoms with E-state index in [1.165, 1.54) is 270 Å². The lowest BCUT2D eigenvalue weighted by Crippen LogP contribution is -2.30. The van der Waals surface area contributed by atoms with Gasteiger partial charge in [0.15, 0.2) is 12.2 Å². The minimum Gasteiger partial charge on any atom is -0.462 e. The van der Waals surface area contributed by atoms with Gasteiger partial charge in [0.2, 0.25) is 0 Å². The number of unbranched alkanes of at least 4 members (excludes halogenated alkanes) is 52. The van der Waals surface area contributed by atoms with Crippen LogP contribution in [0.15, 0.2) is 0 Å². The van der Waals surface area contributed by atoms with Gasteiger partial charge in [0.05, 0.1) is 26.4 Å². The van der Waals surface area contributed by atoms with Crippen LogP contribution in [0.5, 0.6) is 0 Å². The summed E-state index contributed by atoms with van der Waals surface area (Å²) in [7, 11) is -9.93. The maximum Gasteiger partial charge on any atom is 0.472 e. The van der Waals surface area contributed by atoms with Gasteiger partial charge in [0, 0.05) is 25.7 Å². The topological polar surface area (TPSA) is 237 Å². The summed E-state index contributed by atoms with van der Waals surface area (Å²) in [6.45, 7) is 14.4. The molecule has 6 atom stereocenters. The Kier molecular flexibility index (Phi) is 77.2. The third kappa shape index (κ3) is 82.4. The third-order valence-corrected chi connectivity index (χ3v) is 23.3. The molecule has 17 nitrogen and oxygen atoms in total. The van der Waals surface area contributed by atoms with Crippen LogP contribution in [-0.4, -0.2) is 96.7 Å². The molecule has 0 bridgehead atoms. The number of carbonyl (C=O) groups is 4. The molecule has 648 valence electrons. The molecule has 0 aromatic carbocycles. The Hall–Kier alpha value is -1.94. The standard InChI is InChI=1S/C90H176O17P2/c1-9-83(8)69-61-53-44-38-32-26-20-12-10-11-13-22-28-34-40-46-56-65-73-90(95)107-86(77-101-88(93)71-63-55-49-48-52-60-68-82(6)7)79-105-109(98,99)103-75-84(91)74-102-108(96,97)104-78-85(106-89(94)72-64-57-47-41-35-29-23-17-15-19-25-31-37-43-51-59-67-81(4)5)76-100-87(92)70-62-54-45-39-33-27-21-16-14-18-24-30-36-42-50-58-66-80(2)3/h80-86,91H,9-79H2,1-8H3,(H,96,97)(H,98,99)/t83?,84-,85-,86-/m1/s1. The molecule has 0 aromatic rings. The van der Waals surface area contributed by atoms with E-state index in [9.17, 15) is 43.2 Å². The van der Waals surface area contributed by atoms with E-state index in [1.807, 2.05) is 0 Å². The molecule has 0 radical (unpaired) electrons. The van der Waals surface area contributed by atoms with E-state index in [2.05, 4.69) is 55.4 Å². The van der Waals surface area contributed by atoms with Gasteiger partial charge in [0.1, 0.15) is 19.3 Å². The highest BCUT2D eigenvalue weighted by molar-refractivity contribution is 7.47. The Balaban J connectivity index is 5.19. The Labute approximate surface area is 670 Å². The van der Waals surface area contributed by atoms with Crippen molar-refractivity contribution in [3.63, 3.8) is 0 Å². The molecule has 0 saturated carbocycles. The molecular formula is C90H176O17P2. The SMILES string of the molecule is CCC(C)CCCCCCCCCCCCCCCCCCCCC(=O)O[C@H](COC(=O)CCCCCCCCC(C)C)COP(=O)(O)OC[C@H](O)COP(=O)(O)OC[C@@H](COC(=O)CCCCCCCCCCCCCCCCCCC(C)C)OC(=O)CCCCCCCCCCCCCCCCCCC(C)C. The van der Waals surface area contributed by atoms with Crippen LogP contribution < -0.4 is 0 Å². The molecule has 3 unspecified atom stereocenters. The molecule has 0 aliphatic carbocycles. The molecule has 109 heavy (non-hydrogen) atoms. The molecule has 0 aromatic heterocycles. The fourth-order valence-corrected chi connectivity index (χ4v) is 15.6. The van der Waals surface area contributed by atoms with Gasteiger partial charge in [-0.15, -0.1) is 0 Å². The van der Waals surface area contributed by atoms with Gasteiger partial charge in [-0.3, -0.25) is 37.3 Å². The van der Waals surface area contributed by atoms with Crippen molar-refractivity contribution in [1.29, 1.82) is 0 Å². The van der Waals surface area contributed by atoms with Crippen LogP contribution >= 0.6 is 15.6 Å². The molecule has 0 spiro atoms. The quantitative estimate of drug-likeness (QED) is 0.0222. The van der Waals surface area contributed by atoms with Crippen molar-refractivity contribution in [3.05, 3.63) is 0 Å². The van der Waals surface area contributed by atoms with Crippen LogP contribution in [0.3, 0.4) is 0 Å². The molecule has 0 rings (SSSR count). The average Bonchev–Trinajstić information content (AvgIpc) is 0.897. The van der Waals surface area contributed by atoms with Crippen molar-refractivity contribution in [1.82, 2.24) is 0 Å². The number of rotatable bonds is 87. The first-order valence-corrected chi connectivity index (χ1v) is 49.2. The molecular weight excluding hydrogens is 1410 g/mol. The van der Waals surface area contributed by atoms with Crippen molar-refractivity contribution in [3.8, 4) is 0 Å². The smallest absolute Gasteiger partial charge is 0.462 e. The molecule has 0 fully saturated rings. The number of esters is 4. The van der Waals surface area contributed by atoms with E-state index in [0.717, 1.165) is 114 Å². The van der Waals surface area contributed by atoms with Gasteiger partial charge in [-0.05, 0) is 49.4 Å². The van der Waals surface area contributed by atoms with Crippen molar-refractivity contribution >= 4 is 39.5 Å². The van der Waals surface area contributed by atoms with Crippen LogP contribution in [0.2, 0.25) is 0 Å². The lowest BCUT2D eigenvalue weighted by molar-refractivity contribution is -0.161. The van der Waals surface area contributed by atoms with Crippen LogP contribution in [0, 0.1) is 23.7 Å². The third-order valence-electron chi connectivity index (χ3n) is 21.4. The summed E-state index contributed by atoms with van der Waals surface area (Å²) in [6.07, 6.45) is 69.7. The van der Waals surface area contributed by atoms with Gasteiger partial charge in [-0.1, -0.05) is 421 Å². The minimum atomic E-state index is -4.97. The molecule has 0 aliphatic heterocycles. The van der Waals surface area contributed by atoms with E-state index >= 15 is 0 Å². The highest BCUT2D eigenvalue weighted by Crippen LogP contribution is 2.45. The minimum absolute atomic E-state index is 0.107. The number of carbonyl (C=O) groups excluding carboxylic acids is 4. The Morgan fingerprint density at radius 1 is 0.257 bits per heavy atom. The molecule has 3 N–H and O–H groups in total. The number of hydrogen-bond acceptors (Lipinski definition) is 15. The van der Waals surface area contributed by atoms with E-state index in [1.54, 1.807) is 0 Å². The lowest BCUT2D eigenvalue weighted by Gasteiger charge is -2.21. The molecule has 0 aliphatic rings. The van der Waals surface area contributed by atoms with Crippen molar-refractivity contribution in [2.75, 3.05) is 39.6 Å². The number of aliphatic hydroxyl groups excluding tert-OH is 1. The van der Waals surface area contributed by atoms with Crippen molar-refractivity contribution in [2.45, 2.75) is 491 Å². The van der Waals surface area contributed by atoms with E-state index in [4.69, 9.17) is 37.0 Å². The molecule has 19 heteroatoms. The van der Waals surface area contributed by atoms with E-state index in [-0.39, 0.29) is 25.7 Å². The predicted molar refractivity (Wildman–Crippen MR) is 451 cm³/mol. The van der Waals surface area contributed by atoms with Crippen LogP contribution in [-0.2, 0) is 65.4 Å². The Morgan fingerprint density at radius 3 is 0.651 bits per heavy atom. The average molecular weight is 1590 g/mol. The van der Waals surface area contributed by atoms with Gasteiger partial charge in [0.25, 0.3) is 0 Å². The number of hydrogen-bond donors (Lipinski definition) is 3. The van der Waals surface area contributed by atoms with Gasteiger partial charge in [-0.25, -0.2) is 9.13 Å². The fraction of sp³-hybridized carbons (Fsp3) is 0.956. The Bertz CT molecular complexity index is 2110. The van der Waals surface area contributed by atoms with Crippen molar-refractivity contribution < 1.29 is 80.2 Å². The number of ether oxygens (including phenoxy) is 4. The highest BCUT2D eigenvalue weighted by atomic mass is 31.2. The first kappa shape index (κ1) is 107. The summed E-state index contributed by atoms with van der Waals surface area (Å²) < 4.78 is 69.0. The molecule has 0 saturated heterocycles. The highest BCUT2D eigenvalue weighted by Gasteiger charge is 2.31. The zero-order chi connectivity index (χ0) is 80.2. The Morgan fingerprint density at radius 2 is 0.440 bits per heavy atom. The summed E-state index contributed by atoms with van der Waals surface area (Å²) >= 11 is 0. The summed E-state index contributed by atoms with van der Waals surface area (Å²) in [5, 5.41) is 10.7. The summed E-state index contributed by atoms with van der Waals surface area (Å²) in [4.78, 5) is 73.3. The fourth-order valence-electron chi connectivity index (χ4n) is 14.0. The summed E-state index contributed by atoms with van der Waals surface area (Å²) in [6, 6.07) is 0. The number of aliphatic hydroxyl groups is 1. The van der Waals surface area contributed by atoms with Crippen LogP contribution in [0.25, 0.3) is 0 Å². The zero-order valence-corrected chi connectivity index (χ0v) is 74.0. The molecule has 0 heterocycles. The van der Waals surface area contributed by atoms with E-state index < -0.39 is 97.5 Å². The second-order valence-corrected chi connectivity index (χ2v) is 36.9. The van der Waals surface area contributed by atoms with Gasteiger partial charge in [-0.2, -0.15) is 0 Å². The normalized spacial score (nSPS) is 14.1. The lowest BCUT2D eigenvalue weighted by atomic mass is 9.99. The predicted octanol–water partition coefficient (Wildman–Crippen LogP) is 27.5. The first-order chi connectivity index (χ1) is 52.6. The second-order valence-electron chi connectivity index (χ2n) is 34.0. The monoisotopic (exact) mass is 1590 g/mol. The van der Waals surface area contributed by atoms with Gasteiger partial charge >= 0.3 is 39.5 Å². The largest absolute Gasteiger partial charge is 0.472 e.